The molecule has 144 valence electrons. The van der Waals surface area contributed by atoms with Crippen LogP contribution in [0.25, 0.3) is 26.3 Å². The molecule has 5 nitrogen and oxygen atoms in total. The van der Waals surface area contributed by atoms with Crippen LogP contribution in [0.2, 0.25) is 0 Å². The van der Waals surface area contributed by atoms with Crippen LogP contribution in [0.1, 0.15) is 5.69 Å². The van der Waals surface area contributed by atoms with Gasteiger partial charge in [0, 0.05) is 4.70 Å². The van der Waals surface area contributed by atoms with Gasteiger partial charge in [-0.05, 0) is 47.9 Å². The Hall–Kier alpha value is -2.69. The van der Waals surface area contributed by atoms with E-state index < -0.39 is 21.9 Å². The van der Waals surface area contributed by atoms with Gasteiger partial charge in [-0.2, -0.15) is 18.3 Å². The minimum absolute atomic E-state index is 0.136. The first-order chi connectivity index (χ1) is 13.1. The highest BCUT2D eigenvalue weighted by Gasteiger charge is 2.35. The van der Waals surface area contributed by atoms with E-state index >= 15 is 0 Å². The maximum absolute atomic E-state index is 13.3. The lowest BCUT2D eigenvalue weighted by atomic mass is 10.2. The number of nitrogens with two attached hydrogens (primary N) is 1. The summed E-state index contributed by atoms with van der Waals surface area (Å²) in [5, 5.41) is 9.69. The molecule has 0 aliphatic heterocycles. The normalized spacial score (nSPS) is 12.6. The molecule has 28 heavy (non-hydrogen) atoms. The second kappa shape index (κ2) is 6.43. The standard InChI is InChI=1S/C18H12F3N3O2S2/c19-18(20,21)17-10-14(16-9-11-3-1-2-4-15(11)27-16)24(23-17)12-5-7-13(8-6-12)28(22,25)26/h1-10H,(H2,22,25,26). The third kappa shape index (κ3) is 3.41. The average Bonchev–Trinajstić information content (AvgIpc) is 3.25. The van der Waals surface area contributed by atoms with E-state index in [4.69, 9.17) is 5.14 Å². The molecule has 2 aromatic heterocycles. The molecular weight excluding hydrogens is 411 g/mol. The molecule has 0 saturated carbocycles. The third-order valence-corrected chi connectivity index (χ3v) is 6.16. The number of hydrogen-bond donors (Lipinski definition) is 1. The lowest BCUT2D eigenvalue weighted by Crippen LogP contribution is -2.12. The van der Waals surface area contributed by atoms with Gasteiger partial charge in [0.05, 0.1) is 21.2 Å². The van der Waals surface area contributed by atoms with Crippen molar-refractivity contribution in [3.63, 3.8) is 0 Å². The van der Waals surface area contributed by atoms with Crippen LogP contribution >= 0.6 is 11.3 Å². The van der Waals surface area contributed by atoms with Gasteiger partial charge in [-0.15, -0.1) is 11.3 Å². The van der Waals surface area contributed by atoms with E-state index in [1.165, 1.54) is 35.6 Å². The number of halogens is 3. The summed E-state index contributed by atoms with van der Waals surface area (Å²) in [6.07, 6.45) is -4.61. The summed E-state index contributed by atoms with van der Waals surface area (Å²) >= 11 is 1.35. The Morgan fingerprint density at radius 2 is 1.68 bits per heavy atom. The van der Waals surface area contributed by atoms with Crippen LogP contribution in [-0.2, 0) is 16.2 Å². The molecule has 10 heteroatoms. The second-order valence-electron chi connectivity index (χ2n) is 6.01. The van der Waals surface area contributed by atoms with E-state index in [0.29, 0.717) is 4.88 Å². The molecule has 2 aromatic carbocycles. The number of primary sulfonamides is 1. The van der Waals surface area contributed by atoms with Crippen LogP contribution in [0.4, 0.5) is 13.2 Å². The van der Waals surface area contributed by atoms with Crippen LogP contribution < -0.4 is 5.14 Å². The van der Waals surface area contributed by atoms with Crippen LogP contribution in [0.3, 0.4) is 0 Å². The maximum Gasteiger partial charge on any atom is 0.435 e. The molecule has 0 fully saturated rings. The Balaban J connectivity index is 1.89. The van der Waals surface area contributed by atoms with E-state index in [1.807, 2.05) is 24.3 Å². The van der Waals surface area contributed by atoms with E-state index in [0.717, 1.165) is 20.8 Å². The zero-order chi connectivity index (χ0) is 20.1. The highest BCUT2D eigenvalue weighted by Crippen LogP contribution is 2.38. The minimum Gasteiger partial charge on any atom is -0.232 e. The molecule has 4 aromatic rings. The fourth-order valence-electron chi connectivity index (χ4n) is 2.78. The summed E-state index contributed by atoms with van der Waals surface area (Å²) in [6.45, 7) is 0. The molecule has 0 bridgehead atoms. The molecule has 0 spiro atoms. The van der Waals surface area contributed by atoms with Crippen LogP contribution in [0, 0.1) is 0 Å². The summed E-state index contributed by atoms with van der Waals surface area (Å²) in [4.78, 5) is 0.475. The van der Waals surface area contributed by atoms with Crippen molar-refractivity contribution in [2.45, 2.75) is 11.1 Å². The lowest BCUT2D eigenvalue weighted by molar-refractivity contribution is -0.141. The number of nitrogens with zero attached hydrogens (tertiary/aromatic N) is 2. The highest BCUT2D eigenvalue weighted by molar-refractivity contribution is 7.89. The molecule has 0 saturated heterocycles. The van der Waals surface area contributed by atoms with Gasteiger partial charge in [-0.3, -0.25) is 0 Å². The van der Waals surface area contributed by atoms with Crippen LogP contribution in [0.5, 0.6) is 0 Å². The summed E-state index contributed by atoms with van der Waals surface area (Å²) in [5.74, 6) is 0. The summed E-state index contributed by atoms with van der Waals surface area (Å²) < 4.78 is 64.7. The molecule has 0 atom stereocenters. The minimum atomic E-state index is -4.61. The van der Waals surface area contributed by atoms with Gasteiger partial charge in [0.2, 0.25) is 10.0 Å². The van der Waals surface area contributed by atoms with Crippen molar-refractivity contribution in [2.24, 2.45) is 5.14 Å². The van der Waals surface area contributed by atoms with Gasteiger partial charge in [-0.25, -0.2) is 18.2 Å². The summed E-state index contributed by atoms with van der Waals surface area (Å²) in [7, 11) is -3.91. The fraction of sp³-hybridized carbons (Fsp3) is 0.0556. The van der Waals surface area contributed by atoms with Crippen molar-refractivity contribution in [3.8, 4) is 16.3 Å². The molecule has 0 unspecified atom stereocenters. The Kier molecular flexibility index (Phi) is 4.29. The number of aromatic nitrogens is 2. The van der Waals surface area contributed by atoms with Crippen molar-refractivity contribution < 1.29 is 21.6 Å². The quantitative estimate of drug-likeness (QED) is 0.530. The molecule has 0 radical (unpaired) electrons. The molecule has 0 aliphatic carbocycles. The van der Waals surface area contributed by atoms with Gasteiger partial charge >= 0.3 is 6.18 Å². The Bertz CT molecular complexity index is 1240. The van der Waals surface area contributed by atoms with Crippen molar-refractivity contribution in [1.29, 1.82) is 0 Å². The first-order valence-electron chi connectivity index (χ1n) is 7.92. The Morgan fingerprint density at radius 3 is 2.29 bits per heavy atom. The summed E-state index contributed by atoms with van der Waals surface area (Å²) in [6, 6.07) is 15.4. The van der Waals surface area contributed by atoms with Crippen molar-refractivity contribution >= 4 is 31.4 Å². The van der Waals surface area contributed by atoms with Gasteiger partial charge in [0.15, 0.2) is 5.69 Å². The first kappa shape index (κ1) is 18.7. The third-order valence-electron chi connectivity index (χ3n) is 4.09. The van der Waals surface area contributed by atoms with Gasteiger partial charge in [0.1, 0.15) is 0 Å². The number of alkyl halides is 3. The molecular formula is C18H12F3N3O2S2. The smallest absolute Gasteiger partial charge is 0.232 e. The number of benzene rings is 2. The topological polar surface area (TPSA) is 78.0 Å². The van der Waals surface area contributed by atoms with E-state index in [9.17, 15) is 21.6 Å². The second-order valence-corrected chi connectivity index (χ2v) is 8.66. The van der Waals surface area contributed by atoms with Crippen LogP contribution in [-0.4, -0.2) is 18.2 Å². The van der Waals surface area contributed by atoms with Gasteiger partial charge in [0.25, 0.3) is 0 Å². The molecule has 2 N–H and O–H groups in total. The van der Waals surface area contributed by atoms with E-state index in [1.54, 1.807) is 6.07 Å². The van der Waals surface area contributed by atoms with Gasteiger partial charge in [-0.1, -0.05) is 18.2 Å². The largest absolute Gasteiger partial charge is 0.435 e. The SMILES string of the molecule is NS(=O)(=O)c1ccc(-n2nc(C(F)(F)F)cc2-c2cc3ccccc3s2)cc1. The molecule has 0 amide bonds. The Morgan fingerprint density at radius 1 is 1.00 bits per heavy atom. The highest BCUT2D eigenvalue weighted by atomic mass is 32.2. The van der Waals surface area contributed by atoms with Crippen molar-refractivity contribution in [2.75, 3.05) is 0 Å². The lowest BCUT2D eigenvalue weighted by Gasteiger charge is -2.07. The van der Waals surface area contributed by atoms with Crippen molar-refractivity contribution in [3.05, 3.63) is 66.4 Å². The Labute approximate surface area is 161 Å². The summed E-state index contributed by atoms with van der Waals surface area (Å²) in [5.41, 5.74) is -0.484. The maximum atomic E-state index is 13.3. The zero-order valence-electron chi connectivity index (χ0n) is 14.0. The van der Waals surface area contributed by atoms with E-state index in [2.05, 4.69) is 5.10 Å². The molecule has 2 heterocycles. The fourth-order valence-corrected chi connectivity index (χ4v) is 4.36. The number of hydrogen-bond acceptors (Lipinski definition) is 4. The molecule has 0 aliphatic rings. The zero-order valence-corrected chi connectivity index (χ0v) is 15.6. The monoisotopic (exact) mass is 423 g/mol. The van der Waals surface area contributed by atoms with Crippen molar-refractivity contribution in [1.82, 2.24) is 9.78 Å². The predicted molar refractivity (Wildman–Crippen MR) is 101 cm³/mol. The number of sulfonamides is 1. The van der Waals surface area contributed by atoms with Gasteiger partial charge < -0.3 is 0 Å². The predicted octanol–water partition coefficient (Wildman–Crippen LogP) is 4.42. The number of thiophene rings is 1. The molecule has 4 rings (SSSR count). The average molecular weight is 423 g/mol. The van der Waals surface area contributed by atoms with Crippen LogP contribution in [0.15, 0.2) is 65.6 Å². The first-order valence-corrected chi connectivity index (χ1v) is 10.3. The number of fused-ring (bicyclic) bond motifs is 1. The number of rotatable bonds is 3. The van der Waals surface area contributed by atoms with E-state index in [-0.39, 0.29) is 16.3 Å².